The average molecular weight is 342 g/mol. The lowest BCUT2D eigenvalue weighted by Gasteiger charge is -2.15. The van der Waals surface area contributed by atoms with Gasteiger partial charge in [0.1, 0.15) is 0 Å². The first kappa shape index (κ1) is 18.3. The van der Waals surface area contributed by atoms with Crippen LogP contribution in [-0.2, 0) is 4.74 Å². The molecule has 3 nitrogen and oxygen atoms in total. The Balaban J connectivity index is 1.83. The summed E-state index contributed by atoms with van der Waals surface area (Å²) in [6.45, 7) is 2.42. The van der Waals surface area contributed by atoms with Crippen LogP contribution in [0.25, 0.3) is 0 Å². The zero-order valence-corrected chi connectivity index (χ0v) is 14.6. The van der Waals surface area contributed by atoms with Crippen LogP contribution in [0.4, 0.5) is 0 Å². The maximum absolute atomic E-state index is 12.3. The molecule has 2 aromatic rings. The predicted molar refractivity (Wildman–Crippen MR) is 98.4 cm³/mol. The van der Waals surface area contributed by atoms with E-state index in [-0.39, 0.29) is 16.3 Å². The number of benzene rings is 2. The van der Waals surface area contributed by atoms with Crippen LogP contribution in [-0.4, -0.2) is 22.9 Å². The van der Waals surface area contributed by atoms with Gasteiger partial charge in [0.2, 0.25) is 5.12 Å². The van der Waals surface area contributed by atoms with Crippen molar-refractivity contribution in [1.82, 2.24) is 0 Å². The second kappa shape index (κ2) is 9.93. The molecule has 1 atom stereocenters. The summed E-state index contributed by atoms with van der Waals surface area (Å²) in [6.07, 6.45) is 2.59. The minimum atomic E-state index is -0.315. The van der Waals surface area contributed by atoms with Crippen LogP contribution in [0.3, 0.4) is 0 Å². The van der Waals surface area contributed by atoms with Crippen molar-refractivity contribution in [2.24, 2.45) is 0 Å². The fourth-order valence-electron chi connectivity index (χ4n) is 2.32. The molecule has 0 fully saturated rings. The average Bonchev–Trinajstić information content (AvgIpc) is 2.63. The quantitative estimate of drug-likeness (QED) is 0.635. The molecular formula is C20H22O3S. The zero-order valence-electron chi connectivity index (χ0n) is 13.8. The summed E-state index contributed by atoms with van der Waals surface area (Å²) in [5.74, 6) is -0.315. The van der Waals surface area contributed by atoms with Crippen LogP contribution < -0.4 is 0 Å². The van der Waals surface area contributed by atoms with E-state index >= 15 is 0 Å². The fraction of sp³-hybridized carbons (Fsp3) is 0.300. The second-order valence-electron chi connectivity index (χ2n) is 5.47. The lowest BCUT2D eigenvalue weighted by molar-refractivity contribution is 0.0499. The molecule has 2 aromatic carbocycles. The highest BCUT2D eigenvalue weighted by Crippen LogP contribution is 2.24. The van der Waals surface area contributed by atoms with Gasteiger partial charge in [-0.1, -0.05) is 73.6 Å². The number of rotatable bonds is 8. The molecule has 0 saturated heterocycles. The van der Waals surface area contributed by atoms with E-state index in [9.17, 15) is 9.59 Å². The van der Waals surface area contributed by atoms with Crippen LogP contribution in [0, 0.1) is 0 Å². The summed E-state index contributed by atoms with van der Waals surface area (Å²) in [5.41, 5.74) is 1.27. The summed E-state index contributed by atoms with van der Waals surface area (Å²) in [7, 11) is 0. The van der Waals surface area contributed by atoms with Crippen molar-refractivity contribution in [3.8, 4) is 0 Å². The Bertz CT molecular complexity index is 640. The molecule has 2 rings (SSSR count). The normalized spacial score (nSPS) is 11.7. The van der Waals surface area contributed by atoms with Crippen molar-refractivity contribution in [3.63, 3.8) is 0 Å². The molecule has 126 valence electrons. The molecule has 0 unspecified atom stereocenters. The Morgan fingerprint density at radius 2 is 1.50 bits per heavy atom. The number of hydrogen-bond acceptors (Lipinski definition) is 4. The third-order valence-electron chi connectivity index (χ3n) is 3.58. The van der Waals surface area contributed by atoms with Crippen LogP contribution in [0.15, 0.2) is 60.7 Å². The van der Waals surface area contributed by atoms with Gasteiger partial charge in [-0.2, -0.15) is 0 Å². The Labute approximate surface area is 147 Å². The molecular weight excluding hydrogens is 320 g/mol. The third kappa shape index (κ3) is 5.85. The first-order chi connectivity index (χ1) is 11.7. The van der Waals surface area contributed by atoms with Crippen molar-refractivity contribution in [3.05, 3.63) is 71.8 Å². The van der Waals surface area contributed by atoms with Crippen LogP contribution in [0.5, 0.6) is 0 Å². The van der Waals surface area contributed by atoms with Crippen molar-refractivity contribution >= 4 is 22.8 Å². The van der Waals surface area contributed by atoms with E-state index in [2.05, 4.69) is 6.92 Å². The molecule has 24 heavy (non-hydrogen) atoms. The molecule has 0 aliphatic carbocycles. The van der Waals surface area contributed by atoms with Crippen molar-refractivity contribution in [2.45, 2.75) is 31.4 Å². The molecule has 0 bridgehead atoms. The smallest absolute Gasteiger partial charge is 0.338 e. The number of carbonyl (C=O) groups is 2. The van der Waals surface area contributed by atoms with Crippen LogP contribution in [0.2, 0.25) is 0 Å². The van der Waals surface area contributed by atoms with Gasteiger partial charge in [-0.15, -0.1) is 0 Å². The van der Waals surface area contributed by atoms with Crippen molar-refractivity contribution in [1.29, 1.82) is 0 Å². The summed E-state index contributed by atoms with van der Waals surface area (Å²) in [5, 5.41) is 0.231. The summed E-state index contributed by atoms with van der Waals surface area (Å²) in [6, 6.07) is 18.2. The van der Waals surface area contributed by atoms with Gasteiger partial charge in [-0.05, 0) is 25.0 Å². The van der Waals surface area contributed by atoms with E-state index in [1.54, 1.807) is 12.1 Å². The topological polar surface area (TPSA) is 43.4 Å². The number of esters is 1. The highest BCUT2D eigenvalue weighted by atomic mass is 32.2. The number of carbonyl (C=O) groups excluding carboxylic acids is 2. The van der Waals surface area contributed by atoms with E-state index in [0.29, 0.717) is 24.2 Å². The van der Waals surface area contributed by atoms with E-state index < -0.39 is 0 Å². The molecule has 0 spiro atoms. The number of thioether (sulfide) groups is 1. The minimum Gasteiger partial charge on any atom is -0.462 e. The van der Waals surface area contributed by atoms with Gasteiger partial charge < -0.3 is 4.74 Å². The maximum Gasteiger partial charge on any atom is 0.338 e. The lowest BCUT2D eigenvalue weighted by Crippen LogP contribution is -2.13. The standard InChI is InChI=1S/C20H22O3S/c1-2-9-18(24-20(22)17-12-7-4-8-13-17)14-15-23-19(21)16-10-5-3-6-11-16/h3-8,10-13,18H,2,9,14-15H2,1H3/t18-/m1/s1. The lowest BCUT2D eigenvalue weighted by atomic mass is 10.2. The van der Waals surface area contributed by atoms with Crippen LogP contribution >= 0.6 is 11.8 Å². The molecule has 0 radical (unpaired) electrons. The molecule has 0 N–H and O–H groups in total. The first-order valence-corrected chi connectivity index (χ1v) is 9.07. The van der Waals surface area contributed by atoms with E-state index in [1.165, 1.54) is 11.8 Å². The Hall–Kier alpha value is -2.07. The highest BCUT2D eigenvalue weighted by Gasteiger charge is 2.16. The molecule has 0 heterocycles. The Morgan fingerprint density at radius 3 is 2.08 bits per heavy atom. The molecule has 0 aliphatic rings. The summed E-state index contributed by atoms with van der Waals surface area (Å²) < 4.78 is 5.33. The maximum atomic E-state index is 12.3. The fourth-order valence-corrected chi connectivity index (χ4v) is 3.46. The molecule has 4 heteroatoms. The van der Waals surface area contributed by atoms with E-state index in [0.717, 1.165) is 12.8 Å². The van der Waals surface area contributed by atoms with Gasteiger partial charge in [-0.3, -0.25) is 4.79 Å². The van der Waals surface area contributed by atoms with Crippen molar-refractivity contribution < 1.29 is 14.3 Å². The van der Waals surface area contributed by atoms with E-state index in [4.69, 9.17) is 4.74 Å². The van der Waals surface area contributed by atoms with Crippen molar-refractivity contribution in [2.75, 3.05) is 6.61 Å². The van der Waals surface area contributed by atoms with Gasteiger partial charge in [0.05, 0.1) is 12.2 Å². The van der Waals surface area contributed by atoms with Gasteiger partial charge in [0, 0.05) is 10.8 Å². The van der Waals surface area contributed by atoms with Gasteiger partial charge in [-0.25, -0.2) is 4.79 Å². The third-order valence-corrected chi connectivity index (χ3v) is 4.83. The first-order valence-electron chi connectivity index (χ1n) is 8.19. The molecule has 0 aliphatic heterocycles. The predicted octanol–water partition coefficient (Wildman–Crippen LogP) is 4.98. The largest absolute Gasteiger partial charge is 0.462 e. The molecule has 0 aromatic heterocycles. The molecule has 0 amide bonds. The highest BCUT2D eigenvalue weighted by molar-refractivity contribution is 8.14. The van der Waals surface area contributed by atoms with Crippen LogP contribution in [0.1, 0.15) is 46.9 Å². The van der Waals surface area contributed by atoms with E-state index in [1.807, 2.05) is 48.5 Å². The summed E-state index contributed by atoms with van der Waals surface area (Å²) in [4.78, 5) is 24.2. The number of ether oxygens (including phenoxy) is 1. The summed E-state index contributed by atoms with van der Waals surface area (Å²) >= 11 is 1.34. The SMILES string of the molecule is CCC[C@H](CCOC(=O)c1ccccc1)SC(=O)c1ccccc1. The van der Waals surface area contributed by atoms with Gasteiger partial charge in [0.25, 0.3) is 0 Å². The Kier molecular flexibility index (Phi) is 7.56. The minimum absolute atomic E-state index is 0.0726. The number of hydrogen-bond donors (Lipinski definition) is 0. The Morgan fingerprint density at radius 1 is 0.917 bits per heavy atom. The monoisotopic (exact) mass is 342 g/mol. The van der Waals surface area contributed by atoms with Gasteiger partial charge in [0.15, 0.2) is 0 Å². The molecule has 0 saturated carbocycles. The second-order valence-corrected chi connectivity index (χ2v) is 6.75. The van der Waals surface area contributed by atoms with Gasteiger partial charge >= 0.3 is 5.97 Å². The zero-order chi connectivity index (χ0) is 17.2.